The van der Waals surface area contributed by atoms with Gasteiger partial charge in [-0.3, -0.25) is 0 Å². The van der Waals surface area contributed by atoms with Crippen LogP contribution in [-0.2, 0) is 11.3 Å². The molecule has 4 rings (SSSR count). The Balaban J connectivity index is 1.38. The minimum atomic E-state index is -0.485. The van der Waals surface area contributed by atoms with Gasteiger partial charge in [0.1, 0.15) is 5.75 Å². The molecule has 0 fully saturated rings. The second kappa shape index (κ2) is 7.36. The first-order valence-corrected chi connectivity index (χ1v) is 8.35. The third-order valence-corrected chi connectivity index (χ3v) is 3.83. The van der Waals surface area contributed by atoms with Crippen LogP contribution >= 0.6 is 0 Å². The van der Waals surface area contributed by atoms with E-state index in [1.165, 1.54) is 0 Å². The summed E-state index contributed by atoms with van der Waals surface area (Å²) in [5.74, 6) is 2.08. The zero-order chi connectivity index (χ0) is 18.6. The summed E-state index contributed by atoms with van der Waals surface area (Å²) in [7, 11) is 0. The Morgan fingerprint density at radius 2 is 1.93 bits per heavy atom. The number of esters is 1. The highest BCUT2D eigenvalue weighted by Crippen LogP contribution is 2.35. The first-order valence-electron chi connectivity index (χ1n) is 8.35. The SMILES string of the molecule is CCOc1ccc(C(=O)OCc2nc(-c3ccc4c(c3)OCO4)no2)cc1. The average Bonchev–Trinajstić information content (AvgIpc) is 3.35. The molecule has 0 aliphatic carbocycles. The van der Waals surface area contributed by atoms with Gasteiger partial charge in [-0.05, 0) is 49.4 Å². The molecule has 138 valence electrons. The van der Waals surface area contributed by atoms with E-state index < -0.39 is 5.97 Å². The lowest BCUT2D eigenvalue weighted by Crippen LogP contribution is -2.05. The van der Waals surface area contributed by atoms with Crippen LogP contribution in [0.1, 0.15) is 23.2 Å². The van der Waals surface area contributed by atoms with Crippen LogP contribution in [0, 0.1) is 0 Å². The van der Waals surface area contributed by atoms with Crippen LogP contribution in [0.4, 0.5) is 0 Å². The van der Waals surface area contributed by atoms with E-state index in [0.717, 1.165) is 0 Å². The molecule has 1 aliphatic heterocycles. The Morgan fingerprint density at radius 1 is 1.11 bits per heavy atom. The zero-order valence-electron chi connectivity index (χ0n) is 14.5. The molecule has 0 radical (unpaired) electrons. The van der Waals surface area contributed by atoms with Gasteiger partial charge in [-0.1, -0.05) is 5.16 Å². The molecule has 0 saturated carbocycles. The van der Waals surface area contributed by atoms with Crippen molar-refractivity contribution in [3.63, 3.8) is 0 Å². The van der Waals surface area contributed by atoms with Crippen molar-refractivity contribution in [3.05, 3.63) is 53.9 Å². The molecular weight excluding hydrogens is 352 g/mol. The van der Waals surface area contributed by atoms with Gasteiger partial charge in [-0.2, -0.15) is 4.98 Å². The zero-order valence-corrected chi connectivity index (χ0v) is 14.5. The fourth-order valence-electron chi connectivity index (χ4n) is 2.53. The summed E-state index contributed by atoms with van der Waals surface area (Å²) in [6.45, 7) is 2.53. The van der Waals surface area contributed by atoms with Gasteiger partial charge in [0.05, 0.1) is 12.2 Å². The number of hydrogen-bond donors (Lipinski definition) is 0. The van der Waals surface area contributed by atoms with Crippen LogP contribution in [0.5, 0.6) is 17.2 Å². The van der Waals surface area contributed by atoms with Gasteiger partial charge in [0, 0.05) is 5.56 Å². The Kier molecular flexibility index (Phi) is 4.61. The van der Waals surface area contributed by atoms with Crippen LogP contribution in [0.3, 0.4) is 0 Å². The topological polar surface area (TPSA) is 92.9 Å². The maximum Gasteiger partial charge on any atom is 0.338 e. The molecule has 0 amide bonds. The number of benzene rings is 2. The van der Waals surface area contributed by atoms with Crippen LogP contribution in [0.25, 0.3) is 11.4 Å². The van der Waals surface area contributed by atoms with Crippen molar-refractivity contribution in [3.8, 4) is 28.6 Å². The molecule has 2 heterocycles. The highest BCUT2D eigenvalue weighted by Gasteiger charge is 2.17. The fourth-order valence-corrected chi connectivity index (χ4v) is 2.53. The summed E-state index contributed by atoms with van der Waals surface area (Å²) in [6.07, 6.45) is 0. The van der Waals surface area contributed by atoms with Crippen molar-refractivity contribution < 1.29 is 28.3 Å². The van der Waals surface area contributed by atoms with Crippen molar-refractivity contribution in [2.24, 2.45) is 0 Å². The summed E-state index contributed by atoms with van der Waals surface area (Å²) < 4.78 is 26.3. The minimum Gasteiger partial charge on any atom is -0.494 e. The maximum atomic E-state index is 12.1. The summed E-state index contributed by atoms with van der Waals surface area (Å²) in [4.78, 5) is 16.3. The molecule has 27 heavy (non-hydrogen) atoms. The Bertz CT molecular complexity index is 951. The number of rotatable bonds is 6. The van der Waals surface area contributed by atoms with Gasteiger partial charge in [0.15, 0.2) is 18.1 Å². The first kappa shape index (κ1) is 16.9. The van der Waals surface area contributed by atoms with E-state index in [2.05, 4.69) is 10.1 Å². The lowest BCUT2D eigenvalue weighted by molar-refractivity contribution is 0.0430. The van der Waals surface area contributed by atoms with Gasteiger partial charge in [-0.15, -0.1) is 0 Å². The average molecular weight is 368 g/mol. The molecule has 0 N–H and O–H groups in total. The van der Waals surface area contributed by atoms with E-state index in [1.807, 2.05) is 6.92 Å². The van der Waals surface area contributed by atoms with Gasteiger partial charge in [-0.25, -0.2) is 4.79 Å². The standard InChI is InChI=1S/C19H16N2O6/c1-2-23-14-6-3-12(4-7-14)19(22)24-10-17-20-18(21-27-17)13-5-8-15-16(9-13)26-11-25-15/h3-9H,2,10-11H2,1H3. The van der Waals surface area contributed by atoms with Gasteiger partial charge < -0.3 is 23.5 Å². The van der Waals surface area contributed by atoms with Crippen molar-refractivity contribution >= 4 is 5.97 Å². The number of carbonyl (C=O) groups excluding carboxylic acids is 1. The van der Waals surface area contributed by atoms with Crippen LogP contribution < -0.4 is 14.2 Å². The van der Waals surface area contributed by atoms with Crippen LogP contribution in [-0.4, -0.2) is 29.5 Å². The molecule has 8 heteroatoms. The quantitative estimate of drug-likeness (QED) is 0.612. The molecule has 1 aliphatic rings. The van der Waals surface area contributed by atoms with Crippen LogP contribution in [0.15, 0.2) is 47.0 Å². The lowest BCUT2D eigenvalue weighted by Gasteiger charge is -2.04. The molecule has 1 aromatic heterocycles. The highest BCUT2D eigenvalue weighted by molar-refractivity contribution is 5.89. The number of hydrogen-bond acceptors (Lipinski definition) is 8. The van der Waals surface area contributed by atoms with E-state index in [-0.39, 0.29) is 19.3 Å². The highest BCUT2D eigenvalue weighted by atomic mass is 16.7. The number of carbonyl (C=O) groups is 1. The van der Waals surface area contributed by atoms with Crippen molar-refractivity contribution in [2.45, 2.75) is 13.5 Å². The number of aromatic nitrogens is 2. The predicted molar refractivity (Wildman–Crippen MR) is 92.6 cm³/mol. The molecule has 0 bridgehead atoms. The number of nitrogens with zero attached hydrogens (tertiary/aromatic N) is 2. The minimum absolute atomic E-state index is 0.121. The lowest BCUT2D eigenvalue weighted by atomic mass is 10.2. The van der Waals surface area contributed by atoms with Crippen molar-refractivity contribution in [1.29, 1.82) is 0 Å². The largest absolute Gasteiger partial charge is 0.494 e. The molecule has 3 aromatic rings. The predicted octanol–water partition coefficient (Wildman–Crippen LogP) is 3.22. The molecule has 0 spiro atoms. The fraction of sp³-hybridized carbons (Fsp3) is 0.211. The van der Waals surface area contributed by atoms with Gasteiger partial charge >= 0.3 is 5.97 Å². The van der Waals surface area contributed by atoms with E-state index >= 15 is 0 Å². The van der Waals surface area contributed by atoms with E-state index in [0.29, 0.717) is 40.8 Å². The second-order valence-corrected chi connectivity index (χ2v) is 5.61. The normalized spacial score (nSPS) is 12.0. The number of fused-ring (bicyclic) bond motifs is 1. The maximum absolute atomic E-state index is 12.1. The molecule has 8 nitrogen and oxygen atoms in total. The molecular formula is C19H16N2O6. The number of ether oxygens (including phenoxy) is 4. The summed E-state index contributed by atoms with van der Waals surface area (Å²) in [5.41, 5.74) is 1.13. The van der Waals surface area contributed by atoms with Gasteiger partial charge in [0.2, 0.25) is 12.6 Å². The van der Waals surface area contributed by atoms with E-state index in [9.17, 15) is 4.79 Å². The summed E-state index contributed by atoms with van der Waals surface area (Å²) in [5, 5.41) is 3.90. The molecule has 2 aromatic carbocycles. The molecule has 0 unspecified atom stereocenters. The van der Waals surface area contributed by atoms with Crippen molar-refractivity contribution in [2.75, 3.05) is 13.4 Å². The Morgan fingerprint density at radius 3 is 2.74 bits per heavy atom. The molecule has 0 saturated heterocycles. The Labute approximate surface area is 154 Å². The smallest absolute Gasteiger partial charge is 0.338 e. The third kappa shape index (κ3) is 3.69. The van der Waals surface area contributed by atoms with Gasteiger partial charge in [0.25, 0.3) is 5.89 Å². The van der Waals surface area contributed by atoms with E-state index in [1.54, 1.807) is 42.5 Å². The van der Waals surface area contributed by atoms with Crippen LogP contribution in [0.2, 0.25) is 0 Å². The third-order valence-electron chi connectivity index (χ3n) is 3.83. The summed E-state index contributed by atoms with van der Waals surface area (Å²) >= 11 is 0. The molecule has 0 atom stereocenters. The van der Waals surface area contributed by atoms with E-state index in [4.69, 9.17) is 23.5 Å². The summed E-state index contributed by atoms with van der Waals surface area (Å²) in [6, 6.07) is 12.0. The van der Waals surface area contributed by atoms with Crippen molar-refractivity contribution in [1.82, 2.24) is 10.1 Å². The Hall–Kier alpha value is -3.55. The monoisotopic (exact) mass is 368 g/mol. The second-order valence-electron chi connectivity index (χ2n) is 5.61. The first-order chi connectivity index (χ1) is 13.2.